The summed E-state index contributed by atoms with van der Waals surface area (Å²) in [5.41, 5.74) is 5.36. The van der Waals surface area contributed by atoms with Crippen molar-refractivity contribution in [3.05, 3.63) is 0 Å². The van der Waals surface area contributed by atoms with Gasteiger partial charge in [0.05, 0.1) is 13.2 Å². The highest BCUT2D eigenvalue weighted by molar-refractivity contribution is 4.91. The van der Waals surface area contributed by atoms with Gasteiger partial charge in [-0.25, -0.2) is 0 Å². The number of nitrogens with two attached hydrogens (primary N) is 1. The van der Waals surface area contributed by atoms with Crippen molar-refractivity contribution in [2.24, 2.45) is 11.7 Å². The Bertz CT molecular complexity index is 112. The zero-order valence-electron chi connectivity index (χ0n) is 6.59. The molecule has 1 rings (SSSR count). The Labute approximate surface area is 61.5 Å². The van der Waals surface area contributed by atoms with Crippen LogP contribution in [0.1, 0.15) is 6.92 Å². The lowest BCUT2D eigenvalue weighted by Crippen LogP contribution is -2.45. The van der Waals surface area contributed by atoms with Crippen LogP contribution in [0.4, 0.5) is 0 Å². The van der Waals surface area contributed by atoms with Crippen LogP contribution < -0.4 is 5.73 Å². The average molecular weight is 145 g/mol. The molecule has 1 aliphatic heterocycles. The van der Waals surface area contributed by atoms with Gasteiger partial charge in [0.2, 0.25) is 0 Å². The van der Waals surface area contributed by atoms with Gasteiger partial charge < -0.3 is 15.2 Å². The predicted molar refractivity (Wildman–Crippen MR) is 38.8 cm³/mol. The molecule has 2 N–H and O–H groups in total. The molecule has 2 atom stereocenters. The first-order valence-electron chi connectivity index (χ1n) is 3.58. The summed E-state index contributed by atoms with van der Waals surface area (Å²) in [6.45, 7) is 4.06. The van der Waals surface area contributed by atoms with Crippen molar-refractivity contribution < 1.29 is 9.47 Å². The van der Waals surface area contributed by atoms with Gasteiger partial charge in [-0.15, -0.1) is 0 Å². The first-order chi connectivity index (χ1) is 4.75. The highest BCUT2D eigenvalue weighted by Gasteiger charge is 2.40. The predicted octanol–water partition coefficient (Wildman–Crippen LogP) is -0.00340. The van der Waals surface area contributed by atoms with E-state index in [-0.39, 0.29) is 5.60 Å². The van der Waals surface area contributed by atoms with Crippen LogP contribution >= 0.6 is 0 Å². The minimum Gasteiger partial charge on any atom is -0.378 e. The minimum absolute atomic E-state index is 0.208. The van der Waals surface area contributed by atoms with Gasteiger partial charge in [-0.2, -0.15) is 0 Å². The molecule has 0 spiro atoms. The van der Waals surface area contributed by atoms with Gasteiger partial charge in [0.15, 0.2) is 0 Å². The van der Waals surface area contributed by atoms with E-state index in [2.05, 4.69) is 6.92 Å². The van der Waals surface area contributed by atoms with Crippen molar-refractivity contribution in [3.63, 3.8) is 0 Å². The molecule has 0 amide bonds. The summed E-state index contributed by atoms with van der Waals surface area (Å²) in [5.74, 6) is 0.419. The summed E-state index contributed by atoms with van der Waals surface area (Å²) < 4.78 is 10.6. The fraction of sp³-hybridized carbons (Fsp3) is 1.00. The lowest BCUT2D eigenvalue weighted by Gasteiger charge is -2.28. The first kappa shape index (κ1) is 7.98. The number of rotatable bonds is 2. The van der Waals surface area contributed by atoms with Crippen molar-refractivity contribution in [2.45, 2.75) is 12.5 Å². The Morgan fingerprint density at radius 1 is 1.80 bits per heavy atom. The molecule has 2 unspecified atom stereocenters. The quantitative estimate of drug-likeness (QED) is 0.594. The van der Waals surface area contributed by atoms with E-state index in [0.29, 0.717) is 19.1 Å². The molecular weight excluding hydrogens is 130 g/mol. The second-order valence-corrected chi connectivity index (χ2v) is 2.89. The monoisotopic (exact) mass is 145 g/mol. The molecule has 0 radical (unpaired) electrons. The first-order valence-corrected chi connectivity index (χ1v) is 3.58. The smallest absolute Gasteiger partial charge is 0.108 e. The molecule has 0 bridgehead atoms. The lowest BCUT2D eigenvalue weighted by atomic mass is 9.93. The lowest BCUT2D eigenvalue weighted by molar-refractivity contribution is -0.0296. The molecule has 0 aromatic rings. The van der Waals surface area contributed by atoms with Gasteiger partial charge in [0.25, 0.3) is 0 Å². The van der Waals surface area contributed by atoms with E-state index in [4.69, 9.17) is 15.2 Å². The molecule has 0 saturated carbocycles. The Balaban J connectivity index is 2.61. The Morgan fingerprint density at radius 2 is 2.50 bits per heavy atom. The fourth-order valence-electron chi connectivity index (χ4n) is 1.31. The molecule has 10 heavy (non-hydrogen) atoms. The topological polar surface area (TPSA) is 44.5 Å². The van der Waals surface area contributed by atoms with Crippen LogP contribution in [0.25, 0.3) is 0 Å². The van der Waals surface area contributed by atoms with Crippen molar-refractivity contribution in [2.75, 3.05) is 26.9 Å². The van der Waals surface area contributed by atoms with Gasteiger partial charge >= 0.3 is 0 Å². The number of methoxy groups -OCH3 is 1. The molecule has 0 aliphatic carbocycles. The van der Waals surface area contributed by atoms with Gasteiger partial charge in [-0.3, -0.25) is 0 Å². The van der Waals surface area contributed by atoms with Gasteiger partial charge in [-0.05, 0) is 0 Å². The summed E-state index contributed by atoms with van der Waals surface area (Å²) in [6, 6.07) is 0. The van der Waals surface area contributed by atoms with Gasteiger partial charge in [0.1, 0.15) is 5.60 Å². The van der Waals surface area contributed by atoms with E-state index in [1.54, 1.807) is 7.11 Å². The van der Waals surface area contributed by atoms with Crippen LogP contribution in [0.3, 0.4) is 0 Å². The van der Waals surface area contributed by atoms with E-state index >= 15 is 0 Å². The standard InChI is InChI=1S/C7H15NO2/c1-6-3-10-5-7(6,4-8)9-2/h6H,3-5,8H2,1-2H3. The third-order valence-corrected chi connectivity index (χ3v) is 2.36. The molecule has 3 heteroatoms. The molecule has 1 fully saturated rings. The SMILES string of the molecule is COC1(CN)COCC1C. The number of ether oxygens (including phenoxy) is 2. The summed E-state index contributed by atoms with van der Waals surface area (Å²) in [6.07, 6.45) is 0. The van der Waals surface area contributed by atoms with Crippen molar-refractivity contribution in [1.82, 2.24) is 0 Å². The molecular formula is C7H15NO2. The summed E-state index contributed by atoms with van der Waals surface area (Å²) in [7, 11) is 1.69. The number of hydrogen-bond acceptors (Lipinski definition) is 3. The molecule has 1 heterocycles. The summed E-state index contributed by atoms with van der Waals surface area (Å²) in [4.78, 5) is 0. The second kappa shape index (κ2) is 2.86. The van der Waals surface area contributed by atoms with Crippen LogP contribution in [-0.4, -0.2) is 32.5 Å². The normalized spacial score (nSPS) is 40.5. The van der Waals surface area contributed by atoms with Crippen LogP contribution in [0, 0.1) is 5.92 Å². The van der Waals surface area contributed by atoms with Crippen molar-refractivity contribution in [3.8, 4) is 0 Å². The summed E-state index contributed by atoms with van der Waals surface area (Å²) in [5, 5.41) is 0. The third kappa shape index (κ3) is 1.05. The number of hydrogen-bond donors (Lipinski definition) is 1. The second-order valence-electron chi connectivity index (χ2n) is 2.89. The Morgan fingerprint density at radius 3 is 2.70 bits per heavy atom. The minimum atomic E-state index is -0.208. The van der Waals surface area contributed by atoms with E-state index in [1.807, 2.05) is 0 Å². The highest BCUT2D eigenvalue weighted by Crippen LogP contribution is 2.26. The maximum Gasteiger partial charge on any atom is 0.108 e. The fourth-order valence-corrected chi connectivity index (χ4v) is 1.31. The zero-order chi connectivity index (χ0) is 7.61. The van der Waals surface area contributed by atoms with E-state index in [9.17, 15) is 0 Å². The average Bonchev–Trinajstić information content (AvgIpc) is 2.32. The van der Waals surface area contributed by atoms with E-state index in [0.717, 1.165) is 6.61 Å². The third-order valence-electron chi connectivity index (χ3n) is 2.36. The van der Waals surface area contributed by atoms with Crippen molar-refractivity contribution in [1.29, 1.82) is 0 Å². The molecule has 0 aromatic carbocycles. The van der Waals surface area contributed by atoms with E-state index < -0.39 is 0 Å². The zero-order valence-corrected chi connectivity index (χ0v) is 6.59. The molecule has 0 aromatic heterocycles. The highest BCUT2D eigenvalue weighted by atomic mass is 16.6. The van der Waals surface area contributed by atoms with Crippen LogP contribution in [0.5, 0.6) is 0 Å². The van der Waals surface area contributed by atoms with Crippen LogP contribution in [0.15, 0.2) is 0 Å². The molecule has 3 nitrogen and oxygen atoms in total. The molecule has 1 saturated heterocycles. The summed E-state index contributed by atoms with van der Waals surface area (Å²) >= 11 is 0. The van der Waals surface area contributed by atoms with E-state index in [1.165, 1.54) is 0 Å². The largest absolute Gasteiger partial charge is 0.378 e. The Kier molecular flexibility index (Phi) is 2.28. The molecule has 60 valence electrons. The van der Waals surface area contributed by atoms with Crippen LogP contribution in [-0.2, 0) is 9.47 Å². The van der Waals surface area contributed by atoms with Gasteiger partial charge in [-0.1, -0.05) is 6.92 Å². The maximum atomic E-state index is 5.56. The maximum absolute atomic E-state index is 5.56. The van der Waals surface area contributed by atoms with Gasteiger partial charge in [0, 0.05) is 19.6 Å². The Hall–Kier alpha value is -0.120. The van der Waals surface area contributed by atoms with Crippen molar-refractivity contribution >= 4 is 0 Å². The van der Waals surface area contributed by atoms with Crippen LogP contribution in [0.2, 0.25) is 0 Å². The molecule has 1 aliphatic rings.